The first-order valence-corrected chi connectivity index (χ1v) is 7.97. The Labute approximate surface area is 136 Å². The second-order valence-electron chi connectivity index (χ2n) is 5.23. The summed E-state index contributed by atoms with van der Waals surface area (Å²) in [5.74, 6) is 0. The predicted molar refractivity (Wildman–Crippen MR) is 89.2 cm³/mol. The number of rotatable bonds is 6. The fourth-order valence-corrected chi connectivity index (χ4v) is 2.72. The summed E-state index contributed by atoms with van der Waals surface area (Å²) in [6.07, 6.45) is 3.88. The van der Waals surface area contributed by atoms with Crippen molar-refractivity contribution in [2.24, 2.45) is 0 Å². The van der Waals surface area contributed by atoms with Gasteiger partial charge in [0.05, 0.1) is 15.7 Å². The third-order valence-corrected chi connectivity index (χ3v) is 4.66. The van der Waals surface area contributed by atoms with Crippen molar-refractivity contribution in [1.82, 2.24) is 15.1 Å². The maximum atomic E-state index is 6.31. The van der Waals surface area contributed by atoms with Gasteiger partial charge in [-0.1, -0.05) is 42.3 Å². The van der Waals surface area contributed by atoms with Crippen molar-refractivity contribution < 1.29 is 0 Å². The predicted octanol–water partition coefficient (Wildman–Crippen LogP) is 4.66. The molecular weight excluding hydrogens is 305 g/mol. The Morgan fingerprint density at radius 3 is 2.71 bits per heavy atom. The monoisotopic (exact) mass is 325 g/mol. The van der Waals surface area contributed by atoms with Gasteiger partial charge in [-0.25, -0.2) is 0 Å². The smallest absolute Gasteiger partial charge is 0.0643 e. The molecule has 0 bridgehead atoms. The summed E-state index contributed by atoms with van der Waals surface area (Å²) in [6, 6.07) is 8.30. The quantitative estimate of drug-likeness (QED) is 0.836. The minimum absolute atomic E-state index is 0.0940. The SMILES string of the molecule is CCC(C)n1ccc(CC(NC)c2cccc(Cl)c2Cl)n1. The molecule has 21 heavy (non-hydrogen) atoms. The molecule has 0 saturated heterocycles. The molecule has 1 heterocycles. The van der Waals surface area contributed by atoms with Crippen LogP contribution in [0.5, 0.6) is 0 Å². The molecule has 5 heteroatoms. The van der Waals surface area contributed by atoms with Gasteiger partial charge < -0.3 is 5.32 Å². The van der Waals surface area contributed by atoms with Crippen molar-refractivity contribution in [1.29, 1.82) is 0 Å². The summed E-state index contributed by atoms with van der Waals surface area (Å²) in [5.41, 5.74) is 2.05. The van der Waals surface area contributed by atoms with E-state index in [2.05, 4.69) is 30.3 Å². The van der Waals surface area contributed by atoms with E-state index in [1.165, 1.54) is 0 Å². The van der Waals surface area contributed by atoms with Crippen molar-refractivity contribution in [3.05, 3.63) is 51.8 Å². The summed E-state index contributed by atoms with van der Waals surface area (Å²) >= 11 is 12.4. The Bertz CT molecular complexity index is 595. The minimum Gasteiger partial charge on any atom is -0.313 e. The van der Waals surface area contributed by atoms with Crippen LogP contribution in [0.4, 0.5) is 0 Å². The Morgan fingerprint density at radius 2 is 2.05 bits per heavy atom. The number of nitrogens with zero attached hydrogens (tertiary/aromatic N) is 2. The highest BCUT2D eigenvalue weighted by atomic mass is 35.5. The van der Waals surface area contributed by atoms with Gasteiger partial charge in [0.1, 0.15) is 0 Å². The third kappa shape index (κ3) is 3.79. The summed E-state index contributed by atoms with van der Waals surface area (Å²) in [7, 11) is 1.92. The van der Waals surface area contributed by atoms with Gasteiger partial charge in [-0.05, 0) is 38.1 Å². The van der Waals surface area contributed by atoms with Gasteiger partial charge in [0, 0.05) is 24.7 Å². The van der Waals surface area contributed by atoms with Gasteiger partial charge in [0.2, 0.25) is 0 Å². The van der Waals surface area contributed by atoms with Crippen LogP contribution in [0.25, 0.3) is 0 Å². The van der Waals surface area contributed by atoms with E-state index in [4.69, 9.17) is 23.2 Å². The van der Waals surface area contributed by atoms with E-state index >= 15 is 0 Å². The maximum Gasteiger partial charge on any atom is 0.0643 e. The van der Waals surface area contributed by atoms with Crippen LogP contribution >= 0.6 is 23.2 Å². The zero-order chi connectivity index (χ0) is 15.4. The van der Waals surface area contributed by atoms with Crippen LogP contribution in [0, 0.1) is 0 Å². The molecule has 2 atom stereocenters. The highest BCUT2D eigenvalue weighted by Crippen LogP contribution is 2.31. The summed E-state index contributed by atoms with van der Waals surface area (Å²) < 4.78 is 2.02. The van der Waals surface area contributed by atoms with Crippen molar-refractivity contribution in [2.45, 2.75) is 38.8 Å². The number of likely N-dealkylation sites (N-methyl/N-ethyl adjacent to an activating group) is 1. The average molecular weight is 326 g/mol. The molecule has 3 nitrogen and oxygen atoms in total. The summed E-state index contributed by atoms with van der Waals surface area (Å²) in [5, 5.41) is 9.14. The van der Waals surface area contributed by atoms with E-state index in [1.54, 1.807) is 6.07 Å². The van der Waals surface area contributed by atoms with Crippen LogP contribution in [0.2, 0.25) is 10.0 Å². The lowest BCUT2D eigenvalue weighted by Gasteiger charge is -2.17. The molecule has 0 spiro atoms. The van der Waals surface area contributed by atoms with E-state index in [0.717, 1.165) is 24.1 Å². The van der Waals surface area contributed by atoms with Gasteiger partial charge in [0.15, 0.2) is 0 Å². The fraction of sp³-hybridized carbons (Fsp3) is 0.438. The molecule has 114 valence electrons. The summed E-state index contributed by atoms with van der Waals surface area (Å²) in [6.45, 7) is 4.33. The van der Waals surface area contributed by atoms with E-state index in [-0.39, 0.29) is 6.04 Å². The highest BCUT2D eigenvalue weighted by Gasteiger charge is 2.17. The normalized spacial score (nSPS) is 14.1. The molecule has 2 aromatic rings. The number of hydrogen-bond acceptors (Lipinski definition) is 2. The van der Waals surface area contributed by atoms with Crippen molar-refractivity contribution in [2.75, 3.05) is 7.05 Å². The second-order valence-corrected chi connectivity index (χ2v) is 6.02. The lowest BCUT2D eigenvalue weighted by atomic mass is 10.0. The zero-order valence-corrected chi connectivity index (χ0v) is 14.1. The van der Waals surface area contributed by atoms with Crippen molar-refractivity contribution in [3.63, 3.8) is 0 Å². The number of hydrogen-bond donors (Lipinski definition) is 1. The molecule has 0 radical (unpaired) electrons. The summed E-state index contributed by atoms with van der Waals surface area (Å²) in [4.78, 5) is 0. The maximum absolute atomic E-state index is 6.31. The topological polar surface area (TPSA) is 29.9 Å². The Balaban J connectivity index is 2.19. The van der Waals surface area contributed by atoms with Gasteiger partial charge in [-0.3, -0.25) is 4.68 Å². The lowest BCUT2D eigenvalue weighted by Crippen LogP contribution is -2.19. The highest BCUT2D eigenvalue weighted by molar-refractivity contribution is 6.42. The van der Waals surface area contributed by atoms with Crippen molar-refractivity contribution >= 4 is 23.2 Å². The van der Waals surface area contributed by atoms with Gasteiger partial charge in [0.25, 0.3) is 0 Å². The fourth-order valence-electron chi connectivity index (χ4n) is 2.29. The minimum atomic E-state index is 0.0940. The average Bonchev–Trinajstić information content (AvgIpc) is 2.95. The van der Waals surface area contributed by atoms with Crippen LogP contribution in [-0.4, -0.2) is 16.8 Å². The first-order chi connectivity index (χ1) is 10.1. The molecule has 2 rings (SSSR count). The van der Waals surface area contributed by atoms with Crippen LogP contribution in [0.3, 0.4) is 0 Å². The molecule has 1 N–H and O–H groups in total. The molecule has 1 aromatic carbocycles. The molecule has 2 unspecified atom stereocenters. The molecule has 0 aliphatic carbocycles. The van der Waals surface area contributed by atoms with Crippen LogP contribution in [0.15, 0.2) is 30.5 Å². The number of halogens is 2. The molecule has 0 saturated carbocycles. The van der Waals surface area contributed by atoms with E-state index in [9.17, 15) is 0 Å². The second kappa shape index (κ2) is 7.30. The first-order valence-electron chi connectivity index (χ1n) is 7.22. The molecular formula is C16H21Cl2N3. The number of aromatic nitrogens is 2. The molecule has 0 aliphatic rings. The van der Waals surface area contributed by atoms with E-state index < -0.39 is 0 Å². The molecule has 0 aliphatic heterocycles. The number of nitrogens with one attached hydrogen (secondary N) is 1. The Hall–Kier alpha value is -1.03. The molecule has 0 amide bonds. The van der Waals surface area contributed by atoms with Crippen LogP contribution in [-0.2, 0) is 6.42 Å². The third-order valence-electron chi connectivity index (χ3n) is 3.82. The van der Waals surface area contributed by atoms with Gasteiger partial charge >= 0.3 is 0 Å². The Morgan fingerprint density at radius 1 is 1.29 bits per heavy atom. The van der Waals surface area contributed by atoms with Gasteiger partial charge in [-0.15, -0.1) is 0 Å². The van der Waals surface area contributed by atoms with E-state index in [1.807, 2.05) is 30.1 Å². The lowest BCUT2D eigenvalue weighted by molar-refractivity contribution is 0.469. The first kappa shape index (κ1) is 16.3. The number of benzene rings is 1. The Kier molecular flexibility index (Phi) is 5.68. The van der Waals surface area contributed by atoms with Crippen LogP contribution in [0.1, 0.15) is 43.6 Å². The molecule has 0 fully saturated rings. The zero-order valence-electron chi connectivity index (χ0n) is 12.6. The van der Waals surface area contributed by atoms with Gasteiger partial charge in [-0.2, -0.15) is 5.10 Å². The molecule has 1 aromatic heterocycles. The largest absolute Gasteiger partial charge is 0.313 e. The van der Waals surface area contributed by atoms with Crippen LogP contribution < -0.4 is 5.32 Å². The standard InChI is InChI=1S/C16H21Cl2N3/c1-4-11(2)21-9-8-12(20-21)10-15(19-3)13-6-5-7-14(17)16(13)18/h5-9,11,15,19H,4,10H2,1-3H3. The van der Waals surface area contributed by atoms with E-state index in [0.29, 0.717) is 16.1 Å². The van der Waals surface area contributed by atoms with Crippen molar-refractivity contribution in [3.8, 4) is 0 Å².